The Morgan fingerprint density at radius 1 is 0.579 bits per heavy atom. The molecule has 6 aromatic rings. The van der Waals surface area contributed by atoms with E-state index < -0.39 is 0 Å². The van der Waals surface area contributed by atoms with Crippen LogP contribution in [0, 0.1) is 0 Å². The SMILES string of the molecule is [2H]c1c([2H])c(-c2cccc3ccccc23)c([2H])c(N(c2ccccc2)c2ccc3c(c2)C(C)(C)c2ccccc2-3)c1[2H]. The minimum atomic E-state index is -0.225. The highest BCUT2D eigenvalue weighted by atomic mass is 15.1. The molecule has 1 nitrogen and oxygen atoms in total. The zero-order valence-electron chi connectivity index (χ0n) is 25.4. The van der Waals surface area contributed by atoms with Crippen LogP contribution in [0.1, 0.15) is 30.5 Å². The van der Waals surface area contributed by atoms with E-state index in [1.807, 2.05) is 83.8 Å². The zero-order chi connectivity index (χ0) is 29.2. The number of hydrogen-bond donors (Lipinski definition) is 0. The Hall–Kier alpha value is -4.62. The Labute approximate surface area is 230 Å². The number of nitrogens with zero attached hydrogens (tertiary/aromatic N) is 1. The molecule has 1 aliphatic carbocycles. The van der Waals surface area contributed by atoms with Crippen molar-refractivity contribution in [2.45, 2.75) is 19.3 Å². The molecule has 6 aromatic carbocycles. The summed E-state index contributed by atoms with van der Waals surface area (Å²) in [6, 6.07) is 37.9. The van der Waals surface area contributed by atoms with Crippen molar-refractivity contribution in [3.8, 4) is 22.3 Å². The van der Waals surface area contributed by atoms with E-state index in [0.29, 0.717) is 11.3 Å². The first-order valence-electron chi connectivity index (χ1n) is 15.0. The van der Waals surface area contributed by atoms with Crippen LogP contribution in [-0.2, 0) is 5.41 Å². The molecule has 0 amide bonds. The lowest BCUT2D eigenvalue weighted by atomic mass is 9.82. The van der Waals surface area contributed by atoms with Crippen molar-refractivity contribution < 1.29 is 5.48 Å². The first kappa shape index (κ1) is 18.6. The van der Waals surface area contributed by atoms with Gasteiger partial charge in [0.1, 0.15) is 0 Å². The molecule has 0 unspecified atom stereocenters. The summed E-state index contributed by atoms with van der Waals surface area (Å²) in [4.78, 5) is 1.91. The third-order valence-corrected chi connectivity index (χ3v) is 7.73. The second-order valence-corrected chi connectivity index (χ2v) is 10.3. The highest BCUT2D eigenvalue weighted by Crippen LogP contribution is 2.50. The van der Waals surface area contributed by atoms with E-state index in [-0.39, 0.29) is 29.6 Å². The van der Waals surface area contributed by atoms with Crippen molar-refractivity contribution in [1.82, 2.24) is 0 Å². The number of para-hydroxylation sites is 1. The van der Waals surface area contributed by atoms with Gasteiger partial charge in [0, 0.05) is 22.5 Å². The van der Waals surface area contributed by atoms with Crippen molar-refractivity contribution in [2.24, 2.45) is 0 Å². The molecule has 0 saturated carbocycles. The second-order valence-electron chi connectivity index (χ2n) is 10.3. The molecule has 0 radical (unpaired) electrons. The van der Waals surface area contributed by atoms with E-state index in [2.05, 4.69) is 50.2 Å². The Balaban J connectivity index is 1.51. The van der Waals surface area contributed by atoms with Gasteiger partial charge in [0.2, 0.25) is 0 Å². The summed E-state index contributed by atoms with van der Waals surface area (Å²) in [6.45, 7) is 4.46. The van der Waals surface area contributed by atoms with Crippen LogP contribution in [0.2, 0.25) is 0 Å². The molecule has 1 aliphatic rings. The van der Waals surface area contributed by atoms with Gasteiger partial charge in [0.25, 0.3) is 0 Å². The molecule has 182 valence electrons. The van der Waals surface area contributed by atoms with Crippen LogP contribution in [-0.4, -0.2) is 0 Å². The van der Waals surface area contributed by atoms with Gasteiger partial charge < -0.3 is 4.90 Å². The average Bonchev–Trinajstić information content (AvgIpc) is 3.25. The highest BCUT2D eigenvalue weighted by Gasteiger charge is 2.35. The predicted octanol–water partition coefficient (Wildman–Crippen LogP) is 10.3. The molecular weight excluding hydrogens is 458 g/mol. The molecule has 0 spiro atoms. The van der Waals surface area contributed by atoms with Gasteiger partial charge >= 0.3 is 0 Å². The van der Waals surface area contributed by atoms with E-state index in [1.54, 1.807) is 0 Å². The van der Waals surface area contributed by atoms with Crippen LogP contribution in [0.5, 0.6) is 0 Å². The van der Waals surface area contributed by atoms with Gasteiger partial charge in [-0.15, -0.1) is 0 Å². The topological polar surface area (TPSA) is 3.24 Å². The fourth-order valence-electron chi connectivity index (χ4n) is 5.84. The average molecular weight is 492 g/mol. The fraction of sp³-hybridized carbons (Fsp3) is 0.0811. The summed E-state index contributed by atoms with van der Waals surface area (Å²) in [5, 5.41) is 1.91. The van der Waals surface area contributed by atoms with Crippen LogP contribution in [0.15, 0.2) is 139 Å². The first-order chi connectivity index (χ1) is 20.3. The lowest BCUT2D eigenvalue weighted by Crippen LogP contribution is -2.16. The molecule has 0 saturated heterocycles. The molecule has 1 heteroatoms. The maximum atomic E-state index is 9.54. The smallest absolute Gasteiger partial charge is 0.0651 e. The van der Waals surface area contributed by atoms with Crippen LogP contribution in [0.3, 0.4) is 0 Å². The molecule has 0 aromatic heterocycles. The maximum Gasteiger partial charge on any atom is 0.0651 e. The Kier molecular flexibility index (Phi) is 4.28. The summed E-state index contributed by atoms with van der Waals surface area (Å²) in [6.07, 6.45) is 0. The van der Waals surface area contributed by atoms with E-state index in [4.69, 9.17) is 4.11 Å². The largest absolute Gasteiger partial charge is 0.310 e. The maximum absolute atomic E-state index is 9.54. The van der Waals surface area contributed by atoms with Crippen molar-refractivity contribution in [1.29, 1.82) is 0 Å². The number of benzene rings is 6. The van der Waals surface area contributed by atoms with E-state index in [9.17, 15) is 1.37 Å². The predicted molar refractivity (Wildman–Crippen MR) is 162 cm³/mol. The van der Waals surface area contributed by atoms with Crippen molar-refractivity contribution >= 4 is 27.8 Å². The third-order valence-electron chi connectivity index (χ3n) is 7.73. The monoisotopic (exact) mass is 491 g/mol. The minimum Gasteiger partial charge on any atom is -0.310 e. The lowest BCUT2D eigenvalue weighted by molar-refractivity contribution is 0.660. The third kappa shape index (κ3) is 3.55. The van der Waals surface area contributed by atoms with Gasteiger partial charge in [-0.25, -0.2) is 0 Å². The Morgan fingerprint density at radius 3 is 2.18 bits per heavy atom. The highest BCUT2D eigenvalue weighted by molar-refractivity contribution is 5.97. The summed E-state index contributed by atoms with van der Waals surface area (Å²) < 4.78 is 36.4. The molecule has 0 bridgehead atoms. The van der Waals surface area contributed by atoms with Crippen LogP contribution < -0.4 is 4.90 Å². The van der Waals surface area contributed by atoms with E-state index in [1.165, 1.54) is 22.3 Å². The molecule has 0 aliphatic heterocycles. The van der Waals surface area contributed by atoms with Gasteiger partial charge in [-0.2, -0.15) is 0 Å². The van der Waals surface area contributed by atoms with Gasteiger partial charge in [0.15, 0.2) is 0 Å². The van der Waals surface area contributed by atoms with Crippen LogP contribution in [0.25, 0.3) is 33.0 Å². The summed E-state index contributed by atoms with van der Waals surface area (Å²) >= 11 is 0. The molecular formula is C37H29N. The van der Waals surface area contributed by atoms with Crippen LogP contribution in [0.4, 0.5) is 17.1 Å². The molecule has 38 heavy (non-hydrogen) atoms. The van der Waals surface area contributed by atoms with Crippen molar-refractivity contribution in [3.63, 3.8) is 0 Å². The lowest BCUT2D eigenvalue weighted by Gasteiger charge is -2.28. The standard InChI is InChI=1S/C37H29N/c1-37(2)35-21-9-8-19-33(35)34-23-22-30(25-36(34)37)38(28-15-4-3-5-16-28)29-17-10-14-27(24-29)32-20-11-13-26-12-6-7-18-31(26)32/h3-25H,1-2H3/i10D,14D,17D,24D. The number of fused-ring (bicyclic) bond motifs is 4. The van der Waals surface area contributed by atoms with Crippen molar-refractivity contribution in [3.05, 3.63) is 151 Å². The second kappa shape index (κ2) is 8.75. The number of hydrogen-bond acceptors (Lipinski definition) is 1. The van der Waals surface area contributed by atoms with Gasteiger partial charge in [0.05, 0.1) is 5.48 Å². The summed E-state index contributed by atoms with van der Waals surface area (Å²) in [5.74, 6) is 0. The van der Waals surface area contributed by atoms with E-state index in [0.717, 1.165) is 27.7 Å². The molecule has 0 fully saturated rings. The fourth-order valence-corrected chi connectivity index (χ4v) is 5.84. The van der Waals surface area contributed by atoms with Gasteiger partial charge in [-0.05, 0) is 80.5 Å². The molecule has 0 heterocycles. The Morgan fingerprint density at radius 2 is 1.29 bits per heavy atom. The van der Waals surface area contributed by atoms with Crippen LogP contribution >= 0.6 is 0 Å². The molecule has 0 atom stereocenters. The summed E-state index contributed by atoms with van der Waals surface area (Å²) in [7, 11) is 0. The molecule has 7 rings (SSSR count). The first-order valence-corrected chi connectivity index (χ1v) is 13.0. The Bertz CT molecular complexity index is 2010. The zero-order valence-corrected chi connectivity index (χ0v) is 21.4. The number of anilines is 3. The minimum absolute atomic E-state index is 0.0595. The van der Waals surface area contributed by atoms with Crippen molar-refractivity contribution in [2.75, 3.05) is 4.90 Å². The van der Waals surface area contributed by atoms with Gasteiger partial charge in [-0.1, -0.05) is 117 Å². The van der Waals surface area contributed by atoms with E-state index >= 15 is 0 Å². The normalized spacial score (nSPS) is 14.7. The quantitative estimate of drug-likeness (QED) is 0.237. The number of rotatable bonds is 4. The van der Waals surface area contributed by atoms with Gasteiger partial charge in [-0.3, -0.25) is 0 Å². The summed E-state index contributed by atoms with van der Waals surface area (Å²) in [5.41, 5.74) is 7.60. The molecule has 0 N–H and O–H groups in total.